The number of carbonyl (C=O) groups excluding carboxylic acids is 2. The van der Waals surface area contributed by atoms with Gasteiger partial charge in [0.2, 0.25) is 5.91 Å². The number of H-pyrrole nitrogens is 1. The zero-order valence-electron chi connectivity index (χ0n) is 13.2. The predicted molar refractivity (Wildman–Crippen MR) is 85.7 cm³/mol. The van der Waals surface area contributed by atoms with Crippen LogP contribution in [0.1, 0.15) is 34.1 Å². The Labute approximate surface area is 134 Å². The summed E-state index contributed by atoms with van der Waals surface area (Å²) in [6.45, 7) is 2.26. The highest BCUT2D eigenvalue weighted by Gasteiger charge is 2.38. The Morgan fingerprint density at radius 3 is 2.78 bits per heavy atom. The minimum atomic E-state index is -0.162. The fourth-order valence-corrected chi connectivity index (χ4v) is 3.18. The van der Waals surface area contributed by atoms with Gasteiger partial charge in [0.05, 0.1) is 17.8 Å². The fourth-order valence-electron chi connectivity index (χ4n) is 3.18. The summed E-state index contributed by atoms with van der Waals surface area (Å²) >= 11 is 0. The number of rotatable bonds is 4. The molecule has 2 heterocycles. The minimum Gasteiger partial charge on any atom is -0.352 e. The molecule has 0 aliphatic carbocycles. The highest BCUT2D eigenvalue weighted by molar-refractivity contribution is 5.95. The van der Waals surface area contributed by atoms with Crippen molar-refractivity contribution in [2.24, 2.45) is 5.92 Å². The van der Waals surface area contributed by atoms with Crippen LogP contribution in [-0.4, -0.2) is 40.5 Å². The molecule has 2 amide bonds. The normalized spacial score (nSPS) is 20.8. The Balaban J connectivity index is 1.72. The van der Waals surface area contributed by atoms with Crippen molar-refractivity contribution in [3.63, 3.8) is 0 Å². The van der Waals surface area contributed by atoms with Crippen LogP contribution in [0.5, 0.6) is 0 Å². The zero-order chi connectivity index (χ0) is 16.4. The second kappa shape index (κ2) is 6.24. The van der Waals surface area contributed by atoms with Crippen molar-refractivity contribution in [2.45, 2.75) is 19.4 Å². The van der Waals surface area contributed by atoms with Crippen LogP contribution in [0.25, 0.3) is 0 Å². The van der Waals surface area contributed by atoms with Crippen LogP contribution in [-0.2, 0) is 4.79 Å². The number of likely N-dealkylation sites (tertiary alicyclic amines) is 1. The second-order valence-electron chi connectivity index (χ2n) is 5.94. The number of hydrogen-bond donors (Lipinski definition) is 2. The first-order chi connectivity index (χ1) is 11.1. The number of nitrogens with zero attached hydrogens (tertiary/aromatic N) is 2. The quantitative estimate of drug-likeness (QED) is 0.901. The van der Waals surface area contributed by atoms with Crippen molar-refractivity contribution in [1.82, 2.24) is 20.4 Å². The number of benzene rings is 1. The summed E-state index contributed by atoms with van der Waals surface area (Å²) in [6.07, 6.45) is 1.96. The smallest absolute Gasteiger partial charge is 0.254 e. The molecule has 1 fully saturated rings. The third-order valence-corrected chi connectivity index (χ3v) is 4.43. The molecule has 2 aromatic rings. The topological polar surface area (TPSA) is 78.1 Å². The van der Waals surface area contributed by atoms with Gasteiger partial charge < -0.3 is 10.2 Å². The molecule has 0 unspecified atom stereocenters. The van der Waals surface area contributed by atoms with Gasteiger partial charge in [-0.05, 0) is 12.5 Å². The van der Waals surface area contributed by atoms with Crippen LogP contribution >= 0.6 is 0 Å². The number of amides is 2. The molecule has 6 nitrogen and oxygen atoms in total. The first kappa shape index (κ1) is 15.3. The van der Waals surface area contributed by atoms with Gasteiger partial charge in [0.15, 0.2) is 0 Å². The van der Waals surface area contributed by atoms with Crippen molar-refractivity contribution in [3.8, 4) is 0 Å². The summed E-state index contributed by atoms with van der Waals surface area (Å²) in [5, 5.41) is 9.54. The highest BCUT2D eigenvalue weighted by atomic mass is 16.2. The second-order valence-corrected chi connectivity index (χ2v) is 5.94. The average molecular weight is 312 g/mol. The van der Waals surface area contributed by atoms with E-state index in [0.717, 1.165) is 11.3 Å². The molecular weight excluding hydrogens is 292 g/mol. The van der Waals surface area contributed by atoms with Gasteiger partial charge in [-0.15, -0.1) is 0 Å². The lowest BCUT2D eigenvalue weighted by molar-refractivity contribution is -0.127. The molecule has 1 saturated heterocycles. The first-order valence-electron chi connectivity index (χ1n) is 7.66. The summed E-state index contributed by atoms with van der Waals surface area (Å²) in [5.74, 6) is 0.00807. The molecular formula is C17H20N4O2. The summed E-state index contributed by atoms with van der Waals surface area (Å²) in [4.78, 5) is 26.1. The van der Waals surface area contributed by atoms with E-state index in [1.807, 2.05) is 44.3 Å². The molecule has 1 aliphatic rings. The Morgan fingerprint density at radius 2 is 2.13 bits per heavy atom. The Kier molecular flexibility index (Phi) is 4.14. The third-order valence-electron chi connectivity index (χ3n) is 4.43. The van der Waals surface area contributed by atoms with E-state index in [1.54, 1.807) is 4.90 Å². The number of aromatic nitrogens is 2. The van der Waals surface area contributed by atoms with Gasteiger partial charge in [0.25, 0.3) is 5.91 Å². The summed E-state index contributed by atoms with van der Waals surface area (Å²) in [6, 6.07) is 9.93. The number of hydrogen-bond acceptors (Lipinski definition) is 3. The Bertz CT molecular complexity index is 710. The SMILES string of the molecule is Cc1[nH]ncc1C(=O)NC[C@@H]1CC(=O)N(C)[C@H]1c1ccccc1. The van der Waals surface area contributed by atoms with Gasteiger partial charge in [-0.1, -0.05) is 30.3 Å². The van der Waals surface area contributed by atoms with Crippen molar-refractivity contribution < 1.29 is 9.59 Å². The lowest BCUT2D eigenvalue weighted by Crippen LogP contribution is -2.32. The van der Waals surface area contributed by atoms with E-state index in [9.17, 15) is 9.59 Å². The maximum atomic E-state index is 12.2. The fraction of sp³-hybridized carbons (Fsp3) is 0.353. The van der Waals surface area contributed by atoms with Crippen LogP contribution in [0.2, 0.25) is 0 Å². The van der Waals surface area contributed by atoms with E-state index in [2.05, 4.69) is 15.5 Å². The molecule has 1 aliphatic heterocycles. The molecule has 120 valence electrons. The first-order valence-corrected chi connectivity index (χ1v) is 7.66. The number of nitrogens with one attached hydrogen (secondary N) is 2. The monoisotopic (exact) mass is 312 g/mol. The average Bonchev–Trinajstić information content (AvgIpc) is 3.10. The van der Waals surface area contributed by atoms with Crippen LogP contribution in [0.4, 0.5) is 0 Å². The van der Waals surface area contributed by atoms with Gasteiger partial charge in [0, 0.05) is 31.6 Å². The summed E-state index contributed by atoms with van der Waals surface area (Å²) < 4.78 is 0. The Morgan fingerprint density at radius 1 is 1.39 bits per heavy atom. The minimum absolute atomic E-state index is 0.00514. The van der Waals surface area contributed by atoms with E-state index in [1.165, 1.54) is 6.20 Å². The molecule has 3 rings (SSSR count). The number of carbonyl (C=O) groups is 2. The summed E-state index contributed by atoms with van der Waals surface area (Å²) in [7, 11) is 1.82. The predicted octanol–water partition coefficient (Wildman–Crippen LogP) is 1.67. The largest absolute Gasteiger partial charge is 0.352 e. The highest BCUT2D eigenvalue weighted by Crippen LogP contribution is 2.36. The molecule has 0 spiro atoms. The van der Waals surface area contributed by atoms with Crippen LogP contribution in [0, 0.1) is 12.8 Å². The van der Waals surface area contributed by atoms with Gasteiger partial charge in [0.1, 0.15) is 0 Å². The molecule has 0 radical (unpaired) electrons. The molecule has 23 heavy (non-hydrogen) atoms. The number of aromatic amines is 1. The van der Waals surface area contributed by atoms with Crippen molar-refractivity contribution in [1.29, 1.82) is 0 Å². The van der Waals surface area contributed by atoms with Crippen molar-refractivity contribution >= 4 is 11.8 Å². The maximum Gasteiger partial charge on any atom is 0.254 e. The van der Waals surface area contributed by atoms with E-state index in [0.29, 0.717) is 18.5 Å². The van der Waals surface area contributed by atoms with Gasteiger partial charge in [-0.2, -0.15) is 5.10 Å². The van der Waals surface area contributed by atoms with Gasteiger partial charge in [-0.3, -0.25) is 14.7 Å². The van der Waals surface area contributed by atoms with Gasteiger partial charge >= 0.3 is 0 Å². The number of aryl methyl sites for hydroxylation is 1. The van der Waals surface area contributed by atoms with E-state index in [-0.39, 0.29) is 23.8 Å². The maximum absolute atomic E-state index is 12.2. The van der Waals surface area contributed by atoms with Crippen LogP contribution in [0.3, 0.4) is 0 Å². The van der Waals surface area contributed by atoms with Crippen molar-refractivity contribution in [3.05, 3.63) is 53.3 Å². The van der Waals surface area contributed by atoms with E-state index < -0.39 is 0 Å². The third kappa shape index (κ3) is 2.97. The van der Waals surface area contributed by atoms with Gasteiger partial charge in [-0.25, -0.2) is 0 Å². The standard InChI is InChI=1S/C17H20N4O2/c1-11-14(10-19-20-11)17(23)18-9-13-8-15(22)21(2)16(13)12-6-4-3-5-7-12/h3-7,10,13,16H,8-9H2,1-2H3,(H,18,23)(H,19,20)/t13-,16-/m0/s1. The Hall–Kier alpha value is -2.63. The molecule has 0 bridgehead atoms. The molecule has 2 N–H and O–H groups in total. The lowest BCUT2D eigenvalue weighted by atomic mass is 9.93. The van der Waals surface area contributed by atoms with E-state index in [4.69, 9.17) is 0 Å². The molecule has 1 aromatic heterocycles. The van der Waals surface area contributed by atoms with Crippen LogP contribution in [0.15, 0.2) is 36.5 Å². The zero-order valence-corrected chi connectivity index (χ0v) is 13.2. The van der Waals surface area contributed by atoms with Crippen molar-refractivity contribution in [2.75, 3.05) is 13.6 Å². The molecule has 2 atom stereocenters. The van der Waals surface area contributed by atoms with Crippen LogP contribution < -0.4 is 5.32 Å². The van der Waals surface area contributed by atoms with E-state index >= 15 is 0 Å². The molecule has 1 aromatic carbocycles. The summed E-state index contributed by atoms with van der Waals surface area (Å²) in [5.41, 5.74) is 2.38. The molecule has 0 saturated carbocycles. The lowest BCUT2D eigenvalue weighted by Gasteiger charge is -2.25. The molecule has 6 heteroatoms.